The minimum Gasteiger partial charge on any atom is -0.446 e. The van der Waals surface area contributed by atoms with E-state index in [2.05, 4.69) is 0 Å². The molecule has 1 saturated heterocycles. The SMILES string of the molecule is CC(C)(C)OC(=O)n1cc(/C=C/C(=O)N2C(=O)OC[C@H]2c2ccccc2)c2ccccc21. The van der Waals surface area contributed by atoms with Gasteiger partial charge >= 0.3 is 12.2 Å². The first kappa shape index (κ1) is 21.4. The molecule has 3 aromatic rings. The molecule has 1 aliphatic rings. The van der Waals surface area contributed by atoms with E-state index in [4.69, 9.17) is 9.47 Å². The third-order valence-electron chi connectivity index (χ3n) is 5.03. The lowest BCUT2D eigenvalue weighted by molar-refractivity contribution is -0.124. The van der Waals surface area contributed by atoms with Crippen LogP contribution in [-0.4, -0.2) is 39.8 Å². The molecule has 1 aromatic heterocycles. The zero-order valence-corrected chi connectivity index (χ0v) is 18.1. The number of aromatic nitrogens is 1. The number of carbonyl (C=O) groups is 3. The van der Waals surface area contributed by atoms with E-state index in [1.54, 1.807) is 33.0 Å². The number of ether oxygens (including phenoxy) is 2. The third-order valence-corrected chi connectivity index (χ3v) is 5.03. The molecule has 0 spiro atoms. The van der Waals surface area contributed by atoms with Crippen molar-refractivity contribution in [2.45, 2.75) is 32.4 Å². The highest BCUT2D eigenvalue weighted by Gasteiger charge is 2.37. The van der Waals surface area contributed by atoms with Crippen molar-refractivity contribution in [3.63, 3.8) is 0 Å². The molecule has 4 rings (SSSR count). The molecule has 1 aliphatic heterocycles. The van der Waals surface area contributed by atoms with Crippen LogP contribution in [0, 0.1) is 0 Å². The van der Waals surface area contributed by atoms with Crippen molar-refractivity contribution in [3.05, 3.63) is 78.0 Å². The van der Waals surface area contributed by atoms with Crippen molar-refractivity contribution in [1.29, 1.82) is 0 Å². The lowest BCUT2D eigenvalue weighted by Gasteiger charge is -2.19. The second-order valence-corrected chi connectivity index (χ2v) is 8.50. The second-order valence-electron chi connectivity index (χ2n) is 8.50. The predicted octanol–water partition coefficient (Wildman–Crippen LogP) is 5.16. The monoisotopic (exact) mass is 432 g/mol. The molecule has 1 fully saturated rings. The molecule has 0 unspecified atom stereocenters. The first-order chi connectivity index (χ1) is 15.2. The highest BCUT2D eigenvalue weighted by Crippen LogP contribution is 2.29. The van der Waals surface area contributed by atoms with Gasteiger partial charge in [-0.2, -0.15) is 0 Å². The number of amides is 2. The molecular weight excluding hydrogens is 408 g/mol. The molecule has 1 atom stereocenters. The number of carbonyl (C=O) groups excluding carboxylic acids is 3. The fourth-order valence-corrected chi connectivity index (χ4v) is 3.63. The Balaban J connectivity index is 1.63. The molecule has 32 heavy (non-hydrogen) atoms. The van der Waals surface area contributed by atoms with Gasteiger partial charge in [0.15, 0.2) is 0 Å². The molecular formula is C25H24N2O5. The van der Waals surface area contributed by atoms with Crippen LogP contribution in [0.3, 0.4) is 0 Å². The Labute approximate surface area is 185 Å². The molecule has 0 N–H and O–H groups in total. The summed E-state index contributed by atoms with van der Waals surface area (Å²) in [6.45, 7) is 5.51. The maximum absolute atomic E-state index is 12.9. The van der Waals surface area contributed by atoms with E-state index in [0.717, 1.165) is 15.8 Å². The molecule has 7 nitrogen and oxygen atoms in total. The second kappa shape index (κ2) is 8.34. The van der Waals surface area contributed by atoms with Crippen molar-refractivity contribution >= 4 is 35.1 Å². The maximum atomic E-state index is 12.9. The summed E-state index contributed by atoms with van der Waals surface area (Å²) in [7, 11) is 0. The molecule has 0 saturated carbocycles. The molecule has 2 amide bonds. The lowest BCUT2D eigenvalue weighted by atomic mass is 10.1. The van der Waals surface area contributed by atoms with Crippen LogP contribution in [0.4, 0.5) is 9.59 Å². The zero-order chi connectivity index (χ0) is 22.9. The van der Waals surface area contributed by atoms with Crippen LogP contribution < -0.4 is 0 Å². The number of rotatable bonds is 3. The van der Waals surface area contributed by atoms with Gasteiger partial charge in [-0.05, 0) is 38.5 Å². The Morgan fingerprint density at radius 3 is 2.47 bits per heavy atom. The summed E-state index contributed by atoms with van der Waals surface area (Å²) in [5.41, 5.74) is 1.50. The predicted molar refractivity (Wildman–Crippen MR) is 120 cm³/mol. The van der Waals surface area contributed by atoms with E-state index < -0.39 is 29.7 Å². The zero-order valence-electron chi connectivity index (χ0n) is 18.1. The van der Waals surface area contributed by atoms with Gasteiger partial charge < -0.3 is 9.47 Å². The van der Waals surface area contributed by atoms with E-state index in [1.807, 2.05) is 54.6 Å². The molecule has 2 aromatic carbocycles. The Hall–Kier alpha value is -3.87. The Bertz CT molecular complexity index is 1200. The Morgan fingerprint density at radius 1 is 1.06 bits per heavy atom. The minimum atomic E-state index is -0.676. The number of cyclic esters (lactones) is 1. The van der Waals surface area contributed by atoms with Gasteiger partial charge in [-0.3, -0.25) is 9.36 Å². The van der Waals surface area contributed by atoms with Crippen LogP contribution >= 0.6 is 0 Å². The maximum Gasteiger partial charge on any atom is 0.419 e. The summed E-state index contributed by atoms with van der Waals surface area (Å²) in [6.07, 6.45) is 3.36. The summed E-state index contributed by atoms with van der Waals surface area (Å²) < 4.78 is 12.0. The number of para-hydroxylation sites is 1. The van der Waals surface area contributed by atoms with Crippen LogP contribution in [0.25, 0.3) is 17.0 Å². The van der Waals surface area contributed by atoms with Crippen LogP contribution in [0.2, 0.25) is 0 Å². The smallest absolute Gasteiger partial charge is 0.419 e. The van der Waals surface area contributed by atoms with Crippen LogP contribution in [0.1, 0.15) is 37.9 Å². The number of hydrogen-bond acceptors (Lipinski definition) is 5. The van der Waals surface area contributed by atoms with Crippen molar-refractivity contribution in [2.24, 2.45) is 0 Å². The first-order valence-corrected chi connectivity index (χ1v) is 10.3. The minimum absolute atomic E-state index is 0.111. The van der Waals surface area contributed by atoms with Gasteiger partial charge in [-0.1, -0.05) is 48.5 Å². The summed E-state index contributed by atoms with van der Waals surface area (Å²) in [5, 5.41) is 0.783. The molecule has 164 valence electrons. The van der Waals surface area contributed by atoms with E-state index in [1.165, 1.54) is 10.6 Å². The number of imide groups is 1. The average Bonchev–Trinajstić information content (AvgIpc) is 3.32. The van der Waals surface area contributed by atoms with Gasteiger partial charge in [0.25, 0.3) is 5.91 Å². The van der Waals surface area contributed by atoms with E-state index >= 15 is 0 Å². The van der Waals surface area contributed by atoms with Crippen molar-refractivity contribution in [1.82, 2.24) is 9.47 Å². The summed E-state index contributed by atoms with van der Waals surface area (Å²) in [6, 6.07) is 16.1. The molecule has 0 aliphatic carbocycles. The summed E-state index contributed by atoms with van der Waals surface area (Å²) in [4.78, 5) is 38.9. The largest absolute Gasteiger partial charge is 0.446 e. The fraction of sp³-hybridized carbons (Fsp3) is 0.240. The van der Waals surface area contributed by atoms with Crippen molar-refractivity contribution < 1.29 is 23.9 Å². The fourth-order valence-electron chi connectivity index (χ4n) is 3.63. The van der Waals surface area contributed by atoms with Gasteiger partial charge in [-0.15, -0.1) is 0 Å². The first-order valence-electron chi connectivity index (χ1n) is 10.3. The van der Waals surface area contributed by atoms with Gasteiger partial charge in [0.1, 0.15) is 18.2 Å². The number of fused-ring (bicyclic) bond motifs is 1. The van der Waals surface area contributed by atoms with Crippen molar-refractivity contribution in [3.8, 4) is 0 Å². The number of hydrogen-bond donors (Lipinski definition) is 0. The van der Waals surface area contributed by atoms with E-state index in [-0.39, 0.29) is 6.61 Å². The van der Waals surface area contributed by atoms with Crippen LogP contribution in [-0.2, 0) is 14.3 Å². The topological polar surface area (TPSA) is 77.8 Å². The van der Waals surface area contributed by atoms with Gasteiger partial charge in [0.2, 0.25) is 0 Å². The number of nitrogens with zero attached hydrogens (tertiary/aromatic N) is 2. The van der Waals surface area contributed by atoms with Crippen LogP contribution in [0.15, 0.2) is 66.9 Å². The summed E-state index contributed by atoms with van der Waals surface area (Å²) in [5.74, 6) is -0.490. The quantitative estimate of drug-likeness (QED) is 0.535. The number of benzene rings is 2. The molecule has 0 bridgehead atoms. The molecule has 0 radical (unpaired) electrons. The van der Waals surface area contributed by atoms with Gasteiger partial charge in [0, 0.05) is 23.2 Å². The van der Waals surface area contributed by atoms with E-state index in [9.17, 15) is 14.4 Å². The summed E-state index contributed by atoms with van der Waals surface area (Å²) >= 11 is 0. The normalized spacial score (nSPS) is 16.5. The molecule has 2 heterocycles. The van der Waals surface area contributed by atoms with Gasteiger partial charge in [-0.25, -0.2) is 14.5 Å². The standard InChI is InChI=1S/C25H24N2O5/c1-25(2,3)32-23(29)26-15-18(19-11-7-8-12-20(19)26)13-14-22(28)27-21(16-31-24(27)30)17-9-5-4-6-10-17/h4-15,21H,16H2,1-3H3/b14-13+/t21-/m0/s1. The highest BCUT2D eigenvalue weighted by atomic mass is 16.6. The van der Waals surface area contributed by atoms with Gasteiger partial charge in [0.05, 0.1) is 5.52 Å². The van der Waals surface area contributed by atoms with Crippen LogP contribution in [0.5, 0.6) is 0 Å². The Kier molecular flexibility index (Phi) is 5.57. The molecule has 7 heteroatoms. The average molecular weight is 432 g/mol. The lowest BCUT2D eigenvalue weighted by Crippen LogP contribution is -2.32. The third kappa shape index (κ3) is 4.27. The Morgan fingerprint density at radius 2 is 1.75 bits per heavy atom. The van der Waals surface area contributed by atoms with E-state index in [0.29, 0.717) is 11.1 Å². The highest BCUT2D eigenvalue weighted by molar-refractivity contribution is 6.04. The van der Waals surface area contributed by atoms with Crippen molar-refractivity contribution in [2.75, 3.05) is 6.61 Å².